The summed E-state index contributed by atoms with van der Waals surface area (Å²) in [7, 11) is 1.27. The van der Waals surface area contributed by atoms with Crippen LogP contribution in [0.3, 0.4) is 0 Å². The molecule has 1 aliphatic carbocycles. The summed E-state index contributed by atoms with van der Waals surface area (Å²) in [5.74, 6) is -1.04. The number of methoxy groups -OCH3 is 1. The molecule has 1 aliphatic rings. The molecule has 0 radical (unpaired) electrons. The van der Waals surface area contributed by atoms with E-state index in [2.05, 4.69) is 0 Å². The molecule has 24 heavy (non-hydrogen) atoms. The summed E-state index contributed by atoms with van der Waals surface area (Å²) < 4.78 is 4.91. The molecular weight excluding hydrogens is 306 g/mol. The summed E-state index contributed by atoms with van der Waals surface area (Å²) in [6, 6.07) is 14.1. The Hall–Kier alpha value is -2.82. The average Bonchev–Trinajstić information content (AvgIpc) is 2.93. The summed E-state index contributed by atoms with van der Waals surface area (Å²) in [5.41, 5.74) is 3.88. The van der Waals surface area contributed by atoms with Crippen LogP contribution in [0.15, 0.2) is 48.5 Å². The highest BCUT2D eigenvalue weighted by molar-refractivity contribution is 5.85. The van der Waals surface area contributed by atoms with E-state index < -0.39 is 24.1 Å². The predicted octanol–water partition coefficient (Wildman–Crippen LogP) is 3.69. The van der Waals surface area contributed by atoms with E-state index in [1.165, 1.54) is 12.0 Å². The molecule has 0 aliphatic heterocycles. The normalized spacial score (nSPS) is 13.8. The molecule has 1 amide bonds. The van der Waals surface area contributed by atoms with E-state index in [1.54, 1.807) is 6.92 Å². The molecule has 2 aromatic carbocycles. The Morgan fingerprint density at radius 2 is 1.58 bits per heavy atom. The molecule has 0 saturated carbocycles. The van der Waals surface area contributed by atoms with Gasteiger partial charge < -0.3 is 9.84 Å². The van der Waals surface area contributed by atoms with Crippen molar-refractivity contribution in [1.82, 2.24) is 4.90 Å². The number of carbonyl (C=O) groups excluding carboxylic acids is 1. The molecule has 0 fully saturated rings. The number of carboxylic acids is 1. The van der Waals surface area contributed by atoms with Gasteiger partial charge in [-0.3, -0.25) is 4.90 Å². The van der Waals surface area contributed by atoms with Crippen molar-refractivity contribution in [3.8, 4) is 11.1 Å². The molecule has 5 nitrogen and oxygen atoms in total. The quantitative estimate of drug-likeness (QED) is 0.931. The van der Waals surface area contributed by atoms with Crippen LogP contribution in [-0.2, 0) is 9.53 Å². The smallest absolute Gasteiger partial charge is 0.411 e. The molecule has 0 bridgehead atoms. The van der Waals surface area contributed by atoms with Gasteiger partial charge in [0.2, 0.25) is 0 Å². The van der Waals surface area contributed by atoms with E-state index in [0.717, 1.165) is 22.3 Å². The van der Waals surface area contributed by atoms with Crippen LogP contribution in [-0.4, -0.2) is 35.2 Å². The first-order valence-electron chi connectivity index (χ1n) is 7.87. The van der Waals surface area contributed by atoms with E-state index >= 15 is 0 Å². The van der Waals surface area contributed by atoms with Gasteiger partial charge in [0.25, 0.3) is 0 Å². The largest absolute Gasteiger partial charge is 0.480 e. The van der Waals surface area contributed by atoms with E-state index in [9.17, 15) is 14.7 Å². The lowest BCUT2D eigenvalue weighted by Crippen LogP contribution is -2.46. The van der Waals surface area contributed by atoms with Crippen molar-refractivity contribution < 1.29 is 19.4 Å². The second-order valence-corrected chi connectivity index (χ2v) is 5.72. The van der Waals surface area contributed by atoms with Crippen LogP contribution >= 0.6 is 0 Å². The fourth-order valence-electron chi connectivity index (χ4n) is 3.44. The van der Waals surface area contributed by atoms with E-state index in [4.69, 9.17) is 4.74 Å². The Morgan fingerprint density at radius 3 is 2.00 bits per heavy atom. The van der Waals surface area contributed by atoms with Crippen LogP contribution < -0.4 is 0 Å². The van der Waals surface area contributed by atoms with Gasteiger partial charge in [-0.1, -0.05) is 55.5 Å². The second-order valence-electron chi connectivity index (χ2n) is 5.72. The molecule has 0 aromatic heterocycles. The number of rotatable bonds is 4. The SMILES string of the molecule is CC[C@@H](C(=O)O)N(C(=O)OC)C1c2ccccc2-c2ccccc21. The molecule has 5 heteroatoms. The third kappa shape index (κ3) is 2.42. The van der Waals surface area contributed by atoms with E-state index in [1.807, 2.05) is 48.5 Å². The van der Waals surface area contributed by atoms with Gasteiger partial charge in [-0.05, 0) is 28.7 Å². The highest BCUT2D eigenvalue weighted by atomic mass is 16.5. The summed E-state index contributed by atoms with van der Waals surface area (Å²) >= 11 is 0. The zero-order chi connectivity index (χ0) is 17.3. The number of amides is 1. The van der Waals surface area contributed by atoms with Crippen molar-refractivity contribution in [1.29, 1.82) is 0 Å². The number of hydrogen-bond acceptors (Lipinski definition) is 3. The molecule has 0 unspecified atom stereocenters. The van der Waals surface area contributed by atoms with Crippen molar-refractivity contribution in [3.63, 3.8) is 0 Å². The number of ether oxygens (including phenoxy) is 1. The number of carboxylic acid groups (broad SMARTS) is 1. The summed E-state index contributed by atoms with van der Waals surface area (Å²) in [6.45, 7) is 1.75. The highest BCUT2D eigenvalue weighted by Gasteiger charge is 2.41. The molecule has 2 aromatic rings. The maximum atomic E-state index is 12.5. The van der Waals surface area contributed by atoms with Crippen molar-refractivity contribution in [2.24, 2.45) is 0 Å². The van der Waals surface area contributed by atoms with Crippen LogP contribution in [0.4, 0.5) is 4.79 Å². The Bertz CT molecular complexity index is 741. The number of carbonyl (C=O) groups is 2. The molecular formula is C19H19NO4. The molecule has 0 spiro atoms. The lowest BCUT2D eigenvalue weighted by molar-refractivity contribution is -0.143. The maximum Gasteiger partial charge on any atom is 0.411 e. The zero-order valence-corrected chi connectivity index (χ0v) is 13.6. The van der Waals surface area contributed by atoms with Crippen molar-refractivity contribution in [3.05, 3.63) is 59.7 Å². The second kappa shape index (κ2) is 6.35. The van der Waals surface area contributed by atoms with Gasteiger partial charge in [-0.15, -0.1) is 0 Å². The maximum absolute atomic E-state index is 12.5. The number of benzene rings is 2. The Kier molecular flexibility index (Phi) is 4.25. The highest BCUT2D eigenvalue weighted by Crippen LogP contribution is 2.47. The van der Waals surface area contributed by atoms with Crippen LogP contribution in [0.25, 0.3) is 11.1 Å². The summed E-state index contributed by atoms with van der Waals surface area (Å²) in [6.07, 6.45) is -0.341. The van der Waals surface area contributed by atoms with Gasteiger partial charge in [0.15, 0.2) is 0 Å². The fraction of sp³-hybridized carbons (Fsp3) is 0.263. The Balaban J connectivity index is 2.21. The number of aliphatic carboxylic acids is 1. The Labute approximate surface area is 140 Å². The zero-order valence-electron chi connectivity index (χ0n) is 13.6. The third-order valence-corrected chi connectivity index (χ3v) is 4.47. The van der Waals surface area contributed by atoms with Crippen LogP contribution in [0.2, 0.25) is 0 Å². The lowest BCUT2D eigenvalue weighted by Gasteiger charge is -2.33. The first-order valence-corrected chi connectivity index (χ1v) is 7.87. The standard InChI is InChI=1S/C19H19NO4/c1-3-16(18(21)22)20(19(23)24-2)17-14-10-6-4-8-12(14)13-9-5-7-11-15(13)17/h4-11,16-17H,3H2,1-2H3,(H,21,22)/t16-/m0/s1. The minimum atomic E-state index is -1.04. The predicted molar refractivity (Wildman–Crippen MR) is 89.7 cm³/mol. The van der Waals surface area contributed by atoms with Gasteiger partial charge >= 0.3 is 12.1 Å². The van der Waals surface area contributed by atoms with Gasteiger partial charge in [-0.25, -0.2) is 9.59 Å². The number of nitrogens with zero attached hydrogens (tertiary/aromatic N) is 1. The van der Waals surface area contributed by atoms with E-state index in [0.29, 0.717) is 6.42 Å². The fourth-order valence-corrected chi connectivity index (χ4v) is 3.44. The van der Waals surface area contributed by atoms with Crippen molar-refractivity contribution >= 4 is 12.1 Å². The topological polar surface area (TPSA) is 66.8 Å². The minimum Gasteiger partial charge on any atom is -0.480 e. The molecule has 0 heterocycles. The molecule has 1 atom stereocenters. The number of fused-ring (bicyclic) bond motifs is 3. The van der Waals surface area contributed by atoms with Crippen LogP contribution in [0.1, 0.15) is 30.5 Å². The lowest BCUT2D eigenvalue weighted by atomic mass is 10.0. The molecule has 0 saturated heterocycles. The number of hydrogen-bond donors (Lipinski definition) is 1. The molecule has 3 rings (SSSR count). The van der Waals surface area contributed by atoms with Gasteiger partial charge in [0.1, 0.15) is 6.04 Å². The van der Waals surface area contributed by atoms with Crippen molar-refractivity contribution in [2.75, 3.05) is 7.11 Å². The summed E-state index contributed by atoms with van der Waals surface area (Å²) in [4.78, 5) is 25.5. The van der Waals surface area contributed by atoms with Crippen molar-refractivity contribution in [2.45, 2.75) is 25.4 Å². The first-order chi connectivity index (χ1) is 11.6. The molecule has 124 valence electrons. The first kappa shape index (κ1) is 16.1. The van der Waals surface area contributed by atoms with Crippen LogP contribution in [0.5, 0.6) is 0 Å². The Morgan fingerprint density at radius 1 is 1.08 bits per heavy atom. The van der Waals surface area contributed by atoms with E-state index in [-0.39, 0.29) is 0 Å². The van der Waals surface area contributed by atoms with Gasteiger partial charge in [0.05, 0.1) is 13.2 Å². The third-order valence-electron chi connectivity index (χ3n) is 4.47. The summed E-state index contributed by atoms with van der Waals surface area (Å²) in [5, 5.41) is 9.59. The van der Waals surface area contributed by atoms with Gasteiger partial charge in [-0.2, -0.15) is 0 Å². The average molecular weight is 325 g/mol. The van der Waals surface area contributed by atoms with Gasteiger partial charge in [0, 0.05) is 0 Å². The minimum absolute atomic E-state index is 0.297. The van der Waals surface area contributed by atoms with Crippen LogP contribution in [0, 0.1) is 0 Å². The monoisotopic (exact) mass is 325 g/mol. The molecule has 1 N–H and O–H groups in total.